The monoisotopic (exact) mass is 289 g/mol. The fourth-order valence-corrected chi connectivity index (χ4v) is 2.79. The van der Waals surface area contributed by atoms with Gasteiger partial charge in [-0.2, -0.15) is 0 Å². The molecule has 0 aliphatic carbocycles. The number of benzene rings is 1. The van der Waals surface area contributed by atoms with E-state index in [1.54, 1.807) is 6.26 Å². The summed E-state index contributed by atoms with van der Waals surface area (Å²) in [7, 11) is 0. The van der Waals surface area contributed by atoms with Crippen molar-refractivity contribution >= 4 is 23.2 Å². The zero-order chi connectivity index (χ0) is 14.1. The number of carbonyl (C=O) groups is 1. The van der Waals surface area contributed by atoms with Gasteiger partial charge in [-0.1, -0.05) is 12.1 Å². The van der Waals surface area contributed by atoms with Crippen LogP contribution >= 0.6 is 11.6 Å². The number of alkyl halides is 1. The molecule has 0 fully saturated rings. The standard InChI is InChI=1S/C16H16ClNO2/c1-10-7-13(9-20-10)16(17)12-5-6-14-11(8-12)3-2-4-15(19)18-14/h5-9,16H,2-4H2,1H3,(H,18,19). The normalized spacial score (nSPS) is 16.2. The topological polar surface area (TPSA) is 42.2 Å². The SMILES string of the molecule is Cc1cc(C(Cl)c2ccc3c(c2)CCCC(=O)N3)co1. The molecule has 1 aromatic carbocycles. The van der Waals surface area contributed by atoms with Crippen molar-refractivity contribution in [2.24, 2.45) is 0 Å². The highest BCUT2D eigenvalue weighted by molar-refractivity contribution is 6.22. The molecule has 3 rings (SSSR count). The molecule has 0 radical (unpaired) electrons. The highest BCUT2D eigenvalue weighted by atomic mass is 35.5. The van der Waals surface area contributed by atoms with E-state index in [9.17, 15) is 4.79 Å². The van der Waals surface area contributed by atoms with Gasteiger partial charge in [0, 0.05) is 17.7 Å². The summed E-state index contributed by atoms with van der Waals surface area (Å²) in [6, 6.07) is 7.94. The van der Waals surface area contributed by atoms with Crippen LogP contribution in [0.2, 0.25) is 0 Å². The molecule has 2 heterocycles. The van der Waals surface area contributed by atoms with Crippen molar-refractivity contribution in [2.75, 3.05) is 5.32 Å². The summed E-state index contributed by atoms with van der Waals surface area (Å²) in [5.41, 5.74) is 4.05. The first-order valence-corrected chi connectivity index (χ1v) is 7.19. The number of furan rings is 1. The van der Waals surface area contributed by atoms with Gasteiger partial charge in [-0.15, -0.1) is 11.6 Å². The van der Waals surface area contributed by atoms with Gasteiger partial charge in [0.15, 0.2) is 0 Å². The van der Waals surface area contributed by atoms with Gasteiger partial charge < -0.3 is 9.73 Å². The number of nitrogens with one attached hydrogen (secondary N) is 1. The van der Waals surface area contributed by atoms with E-state index in [0.29, 0.717) is 6.42 Å². The lowest BCUT2D eigenvalue weighted by molar-refractivity contribution is -0.116. The molecule has 0 saturated carbocycles. The van der Waals surface area contributed by atoms with Crippen LogP contribution in [-0.2, 0) is 11.2 Å². The first kappa shape index (κ1) is 13.3. The lowest BCUT2D eigenvalue weighted by atomic mass is 10.0. The summed E-state index contributed by atoms with van der Waals surface area (Å²) in [5, 5.41) is 2.71. The van der Waals surface area contributed by atoms with Gasteiger partial charge in [0.2, 0.25) is 5.91 Å². The van der Waals surface area contributed by atoms with Crippen LogP contribution in [0.5, 0.6) is 0 Å². The summed E-state index contributed by atoms with van der Waals surface area (Å²) >= 11 is 6.51. The molecule has 1 amide bonds. The molecule has 1 aliphatic heterocycles. The van der Waals surface area contributed by atoms with Crippen molar-refractivity contribution in [3.05, 3.63) is 53.0 Å². The number of anilines is 1. The maximum absolute atomic E-state index is 11.5. The van der Waals surface area contributed by atoms with E-state index < -0.39 is 0 Å². The number of halogens is 1. The van der Waals surface area contributed by atoms with Gasteiger partial charge >= 0.3 is 0 Å². The average molecular weight is 290 g/mol. The number of hydrogen-bond donors (Lipinski definition) is 1. The van der Waals surface area contributed by atoms with Crippen LogP contribution in [0.4, 0.5) is 5.69 Å². The van der Waals surface area contributed by atoms with Crippen molar-refractivity contribution in [1.82, 2.24) is 0 Å². The Balaban J connectivity index is 1.92. The largest absolute Gasteiger partial charge is 0.469 e. The third-order valence-electron chi connectivity index (χ3n) is 3.59. The van der Waals surface area contributed by atoms with Crippen molar-refractivity contribution in [2.45, 2.75) is 31.6 Å². The maximum Gasteiger partial charge on any atom is 0.224 e. The predicted molar refractivity (Wildman–Crippen MR) is 79.2 cm³/mol. The van der Waals surface area contributed by atoms with Crippen LogP contribution in [-0.4, -0.2) is 5.91 Å². The molecule has 1 aliphatic rings. The second-order valence-corrected chi connectivity index (χ2v) is 5.61. The number of amides is 1. The van der Waals surface area contributed by atoms with Gasteiger partial charge in [0.1, 0.15) is 5.76 Å². The Kier molecular flexibility index (Phi) is 3.53. The minimum atomic E-state index is -0.225. The first-order valence-electron chi connectivity index (χ1n) is 6.75. The van der Waals surface area contributed by atoms with E-state index in [1.807, 2.05) is 25.1 Å². The summed E-state index contributed by atoms with van der Waals surface area (Å²) in [6.07, 6.45) is 4.05. The van der Waals surface area contributed by atoms with E-state index in [4.69, 9.17) is 16.0 Å². The Bertz CT molecular complexity index is 648. The zero-order valence-electron chi connectivity index (χ0n) is 11.3. The van der Waals surface area contributed by atoms with Gasteiger partial charge in [0.25, 0.3) is 0 Å². The Morgan fingerprint density at radius 3 is 2.85 bits per heavy atom. The van der Waals surface area contributed by atoms with Crippen molar-refractivity contribution < 1.29 is 9.21 Å². The van der Waals surface area contributed by atoms with Crippen molar-refractivity contribution in [3.8, 4) is 0 Å². The van der Waals surface area contributed by atoms with Gasteiger partial charge in [-0.05, 0) is 43.0 Å². The fraction of sp³-hybridized carbons (Fsp3) is 0.312. The molecule has 1 unspecified atom stereocenters. The van der Waals surface area contributed by atoms with Crippen LogP contribution in [0.1, 0.15) is 40.7 Å². The second-order valence-electron chi connectivity index (χ2n) is 5.17. The number of carbonyl (C=O) groups excluding carboxylic acids is 1. The molecule has 0 spiro atoms. The van der Waals surface area contributed by atoms with E-state index in [-0.39, 0.29) is 11.3 Å². The summed E-state index contributed by atoms with van der Waals surface area (Å²) in [6.45, 7) is 1.90. The second kappa shape index (κ2) is 5.33. The minimum absolute atomic E-state index is 0.0874. The van der Waals surface area contributed by atoms with Crippen LogP contribution in [0.25, 0.3) is 0 Å². The molecule has 1 atom stereocenters. The lowest BCUT2D eigenvalue weighted by Crippen LogP contribution is -2.09. The third kappa shape index (κ3) is 2.59. The fourth-order valence-electron chi connectivity index (χ4n) is 2.54. The number of fused-ring (bicyclic) bond motifs is 1. The molecular formula is C16H16ClNO2. The van der Waals surface area contributed by atoms with E-state index >= 15 is 0 Å². The summed E-state index contributed by atoms with van der Waals surface area (Å²) in [4.78, 5) is 11.5. The average Bonchev–Trinajstić information content (AvgIpc) is 2.77. The van der Waals surface area contributed by atoms with Gasteiger partial charge in [0.05, 0.1) is 11.6 Å². The van der Waals surface area contributed by atoms with Crippen LogP contribution in [0.3, 0.4) is 0 Å². The maximum atomic E-state index is 11.5. The third-order valence-corrected chi connectivity index (χ3v) is 4.09. The Morgan fingerprint density at radius 2 is 2.10 bits per heavy atom. The molecule has 1 N–H and O–H groups in total. The smallest absolute Gasteiger partial charge is 0.224 e. The number of hydrogen-bond acceptors (Lipinski definition) is 2. The molecule has 104 valence electrons. The van der Waals surface area contributed by atoms with Crippen LogP contribution < -0.4 is 5.32 Å². The zero-order valence-corrected chi connectivity index (χ0v) is 12.0. The number of aryl methyl sites for hydroxylation is 2. The Morgan fingerprint density at radius 1 is 1.25 bits per heavy atom. The van der Waals surface area contributed by atoms with Crippen molar-refractivity contribution in [3.63, 3.8) is 0 Å². The van der Waals surface area contributed by atoms with E-state index in [2.05, 4.69) is 11.4 Å². The van der Waals surface area contributed by atoms with Gasteiger partial charge in [-0.25, -0.2) is 0 Å². The molecule has 0 bridgehead atoms. The first-order chi connectivity index (χ1) is 9.63. The van der Waals surface area contributed by atoms with E-state index in [1.165, 1.54) is 0 Å². The lowest BCUT2D eigenvalue weighted by Gasteiger charge is -2.12. The Hall–Kier alpha value is -1.74. The Labute approximate surface area is 122 Å². The minimum Gasteiger partial charge on any atom is -0.469 e. The molecule has 3 nitrogen and oxygen atoms in total. The van der Waals surface area contributed by atoms with Gasteiger partial charge in [-0.3, -0.25) is 4.79 Å². The highest BCUT2D eigenvalue weighted by Crippen LogP contribution is 2.33. The molecule has 1 aromatic heterocycles. The molecule has 2 aromatic rings. The van der Waals surface area contributed by atoms with Crippen LogP contribution in [0, 0.1) is 6.92 Å². The molecule has 4 heteroatoms. The summed E-state index contributed by atoms with van der Waals surface area (Å²) in [5.74, 6) is 0.942. The summed E-state index contributed by atoms with van der Waals surface area (Å²) < 4.78 is 5.31. The number of rotatable bonds is 2. The molecule has 20 heavy (non-hydrogen) atoms. The molecule has 0 saturated heterocycles. The predicted octanol–water partition coefficient (Wildman–Crippen LogP) is 4.19. The van der Waals surface area contributed by atoms with Crippen molar-refractivity contribution in [1.29, 1.82) is 0 Å². The highest BCUT2D eigenvalue weighted by Gasteiger charge is 2.17. The van der Waals surface area contributed by atoms with E-state index in [0.717, 1.165) is 41.0 Å². The molecular weight excluding hydrogens is 274 g/mol. The quantitative estimate of drug-likeness (QED) is 0.842. The van der Waals surface area contributed by atoms with Crippen LogP contribution in [0.15, 0.2) is 34.9 Å².